The Bertz CT molecular complexity index is 1180. The minimum absolute atomic E-state index is 0.231. The van der Waals surface area contributed by atoms with E-state index in [9.17, 15) is 4.79 Å². The number of benzene rings is 2. The molecule has 0 unspecified atom stereocenters. The first-order valence-electron chi connectivity index (χ1n) is 8.97. The summed E-state index contributed by atoms with van der Waals surface area (Å²) in [6, 6.07) is 16.5. The highest BCUT2D eigenvalue weighted by molar-refractivity contribution is 7.12. The van der Waals surface area contributed by atoms with Crippen molar-refractivity contribution in [3.05, 3.63) is 92.4 Å². The normalized spacial score (nSPS) is 10.7. The number of amides is 1. The van der Waals surface area contributed by atoms with Gasteiger partial charge in [-0.25, -0.2) is 9.67 Å². The van der Waals surface area contributed by atoms with Crippen LogP contribution in [0.25, 0.3) is 0 Å². The van der Waals surface area contributed by atoms with E-state index < -0.39 is 0 Å². The van der Waals surface area contributed by atoms with Crippen molar-refractivity contribution in [3.8, 4) is 5.75 Å². The summed E-state index contributed by atoms with van der Waals surface area (Å²) in [7, 11) is 0. The second-order valence-corrected chi connectivity index (χ2v) is 8.08. The number of aromatic nitrogens is 3. The van der Waals surface area contributed by atoms with Crippen molar-refractivity contribution < 1.29 is 9.53 Å². The molecule has 0 aliphatic rings. The quantitative estimate of drug-likeness (QED) is 0.395. The van der Waals surface area contributed by atoms with Crippen molar-refractivity contribution in [1.29, 1.82) is 0 Å². The lowest BCUT2D eigenvalue weighted by atomic mass is 10.2. The first kappa shape index (κ1) is 20.4. The van der Waals surface area contributed by atoms with E-state index in [0.29, 0.717) is 33.8 Å². The van der Waals surface area contributed by atoms with Crippen LogP contribution in [-0.4, -0.2) is 20.7 Å². The molecule has 4 aromatic rings. The van der Waals surface area contributed by atoms with Gasteiger partial charge in [0.15, 0.2) is 0 Å². The van der Waals surface area contributed by atoms with Gasteiger partial charge in [0, 0.05) is 10.6 Å². The monoisotopic (exact) mass is 458 g/mol. The van der Waals surface area contributed by atoms with E-state index in [0.717, 1.165) is 11.1 Å². The van der Waals surface area contributed by atoms with Gasteiger partial charge in [0.1, 0.15) is 18.7 Å². The van der Waals surface area contributed by atoms with Crippen molar-refractivity contribution in [1.82, 2.24) is 14.8 Å². The van der Waals surface area contributed by atoms with Crippen LogP contribution >= 0.6 is 34.5 Å². The number of thiophene rings is 1. The van der Waals surface area contributed by atoms with Gasteiger partial charge < -0.3 is 4.74 Å². The highest BCUT2D eigenvalue weighted by atomic mass is 35.5. The Morgan fingerprint density at radius 2 is 1.87 bits per heavy atom. The minimum Gasteiger partial charge on any atom is -0.487 e. The van der Waals surface area contributed by atoms with E-state index >= 15 is 0 Å². The van der Waals surface area contributed by atoms with Crippen LogP contribution in [0.1, 0.15) is 20.8 Å². The highest BCUT2D eigenvalue weighted by Crippen LogP contribution is 2.25. The fraction of sp³-hybridized carbons (Fsp3) is 0.0952. The van der Waals surface area contributed by atoms with Gasteiger partial charge in [-0.05, 0) is 35.2 Å². The predicted molar refractivity (Wildman–Crippen MR) is 119 cm³/mol. The molecule has 0 aliphatic heterocycles. The molecule has 0 atom stereocenters. The van der Waals surface area contributed by atoms with Gasteiger partial charge in [0.25, 0.3) is 5.91 Å². The van der Waals surface area contributed by atoms with Gasteiger partial charge in [-0.1, -0.05) is 53.5 Å². The summed E-state index contributed by atoms with van der Waals surface area (Å²) in [5.41, 5.74) is 1.80. The smallest absolute Gasteiger partial charge is 0.268 e. The second-order valence-electron chi connectivity index (χ2n) is 6.35. The van der Waals surface area contributed by atoms with Crippen molar-refractivity contribution >= 4 is 46.4 Å². The van der Waals surface area contributed by atoms with Crippen LogP contribution < -0.4 is 10.1 Å². The standard InChI is InChI=1S/C21H16Cl2N4O2S/c22-16-6-2-1-5-15(16)10-27-13-24-21(26-27)25-20(28)19-9-14(12-30-19)11-29-18-8-4-3-7-17(18)23/h1-9,12-13H,10-11H2,(H,25,26,28). The lowest BCUT2D eigenvalue weighted by Gasteiger charge is -2.06. The van der Waals surface area contributed by atoms with Gasteiger partial charge in [0.2, 0.25) is 5.95 Å². The van der Waals surface area contributed by atoms with Crippen LogP contribution in [0, 0.1) is 0 Å². The van der Waals surface area contributed by atoms with E-state index in [1.165, 1.54) is 11.3 Å². The molecule has 30 heavy (non-hydrogen) atoms. The van der Waals surface area contributed by atoms with Crippen LogP contribution in [0.15, 0.2) is 66.3 Å². The molecular formula is C21H16Cl2N4O2S. The van der Waals surface area contributed by atoms with Crippen LogP contribution in [0.2, 0.25) is 10.0 Å². The number of carbonyl (C=O) groups excluding carboxylic acids is 1. The van der Waals surface area contributed by atoms with Crippen LogP contribution in [0.3, 0.4) is 0 Å². The minimum atomic E-state index is -0.278. The molecule has 0 spiro atoms. The Kier molecular flexibility index (Phi) is 6.32. The number of hydrogen-bond donors (Lipinski definition) is 1. The van der Waals surface area contributed by atoms with Crippen molar-refractivity contribution in [2.45, 2.75) is 13.2 Å². The summed E-state index contributed by atoms with van der Waals surface area (Å²) in [6.45, 7) is 0.781. The van der Waals surface area contributed by atoms with Crippen molar-refractivity contribution in [2.75, 3.05) is 5.32 Å². The van der Waals surface area contributed by atoms with Crippen LogP contribution in [0.5, 0.6) is 5.75 Å². The Labute approximate surface area is 187 Å². The fourth-order valence-corrected chi connectivity index (χ4v) is 3.86. The van der Waals surface area contributed by atoms with E-state index in [4.69, 9.17) is 27.9 Å². The summed E-state index contributed by atoms with van der Waals surface area (Å²) >= 11 is 13.6. The van der Waals surface area contributed by atoms with Crippen LogP contribution in [0.4, 0.5) is 5.95 Å². The number of rotatable bonds is 7. The molecule has 2 aromatic heterocycles. The highest BCUT2D eigenvalue weighted by Gasteiger charge is 2.13. The molecule has 2 aromatic carbocycles. The molecule has 1 amide bonds. The van der Waals surface area contributed by atoms with E-state index in [2.05, 4.69) is 15.4 Å². The molecule has 0 saturated carbocycles. The molecule has 152 valence electrons. The largest absolute Gasteiger partial charge is 0.487 e. The summed E-state index contributed by atoms with van der Waals surface area (Å²) in [4.78, 5) is 17.2. The first-order chi connectivity index (χ1) is 14.6. The van der Waals surface area contributed by atoms with Crippen molar-refractivity contribution in [2.24, 2.45) is 0 Å². The Morgan fingerprint density at radius 1 is 1.10 bits per heavy atom. The fourth-order valence-electron chi connectivity index (χ4n) is 2.69. The maximum atomic E-state index is 12.5. The number of carbonyl (C=O) groups is 1. The molecule has 6 nitrogen and oxygen atoms in total. The molecule has 0 bridgehead atoms. The summed E-state index contributed by atoms with van der Waals surface area (Å²) < 4.78 is 7.33. The van der Waals surface area contributed by atoms with Gasteiger partial charge >= 0.3 is 0 Å². The van der Waals surface area contributed by atoms with Gasteiger partial charge in [0.05, 0.1) is 16.4 Å². The van der Waals surface area contributed by atoms with Crippen molar-refractivity contribution in [3.63, 3.8) is 0 Å². The molecular weight excluding hydrogens is 443 g/mol. The number of nitrogens with one attached hydrogen (secondary N) is 1. The molecule has 9 heteroatoms. The Morgan fingerprint density at radius 3 is 2.67 bits per heavy atom. The Balaban J connectivity index is 1.35. The number of halogens is 2. The third-order valence-corrected chi connectivity index (χ3v) is 5.82. The lowest BCUT2D eigenvalue weighted by molar-refractivity contribution is 0.102. The molecule has 0 radical (unpaired) electrons. The average molecular weight is 459 g/mol. The van der Waals surface area contributed by atoms with Crippen LogP contribution in [-0.2, 0) is 13.2 Å². The van der Waals surface area contributed by atoms with Gasteiger partial charge in [-0.15, -0.1) is 16.4 Å². The maximum absolute atomic E-state index is 12.5. The summed E-state index contributed by atoms with van der Waals surface area (Å²) in [6.07, 6.45) is 1.55. The van der Waals surface area contributed by atoms with Gasteiger partial charge in [-0.3, -0.25) is 10.1 Å². The molecule has 0 fully saturated rings. The predicted octanol–water partition coefficient (Wildman–Crippen LogP) is 5.53. The lowest BCUT2D eigenvalue weighted by Crippen LogP contribution is -2.12. The SMILES string of the molecule is O=C(Nc1ncn(Cc2ccccc2Cl)n1)c1cc(COc2ccccc2Cl)cs1. The number of ether oxygens (including phenoxy) is 1. The zero-order valence-corrected chi connectivity index (χ0v) is 17.9. The zero-order valence-electron chi connectivity index (χ0n) is 15.6. The third-order valence-electron chi connectivity index (χ3n) is 4.16. The maximum Gasteiger partial charge on any atom is 0.268 e. The third kappa shape index (κ3) is 4.99. The molecule has 0 saturated heterocycles. The molecule has 2 heterocycles. The number of hydrogen-bond acceptors (Lipinski definition) is 5. The van der Waals surface area contributed by atoms with Gasteiger partial charge in [-0.2, -0.15) is 0 Å². The first-order valence-corrected chi connectivity index (χ1v) is 10.6. The summed E-state index contributed by atoms with van der Waals surface area (Å²) in [5, 5.41) is 10.1. The number of para-hydroxylation sites is 1. The Hall–Kier alpha value is -2.87. The average Bonchev–Trinajstić information content (AvgIpc) is 3.39. The van der Waals surface area contributed by atoms with E-state index in [-0.39, 0.29) is 11.9 Å². The zero-order chi connectivity index (χ0) is 20.9. The topological polar surface area (TPSA) is 69.0 Å². The summed E-state index contributed by atoms with van der Waals surface area (Å²) in [5.74, 6) is 0.554. The number of anilines is 1. The number of nitrogens with zero attached hydrogens (tertiary/aromatic N) is 3. The van der Waals surface area contributed by atoms with E-state index in [1.54, 1.807) is 29.2 Å². The molecule has 1 N–H and O–H groups in total. The second kappa shape index (κ2) is 9.30. The molecule has 4 rings (SSSR count). The molecule has 0 aliphatic carbocycles. The van der Waals surface area contributed by atoms with E-state index in [1.807, 2.05) is 41.8 Å².